The molecule has 0 aliphatic carbocycles. The summed E-state index contributed by atoms with van der Waals surface area (Å²) in [5.41, 5.74) is 1.99. The smallest absolute Gasteiger partial charge is 0.229 e. The van der Waals surface area contributed by atoms with Crippen molar-refractivity contribution in [3.05, 3.63) is 41.0 Å². The number of anilines is 2. The second-order valence-electron chi connectivity index (χ2n) is 7.19. The molecule has 1 aromatic carbocycles. The summed E-state index contributed by atoms with van der Waals surface area (Å²) in [7, 11) is 1.92. The van der Waals surface area contributed by atoms with Crippen molar-refractivity contribution in [3.63, 3.8) is 0 Å². The third kappa shape index (κ3) is 4.05. The second kappa shape index (κ2) is 8.32. The van der Waals surface area contributed by atoms with Gasteiger partial charge in [0.1, 0.15) is 5.82 Å². The van der Waals surface area contributed by atoms with Gasteiger partial charge in [0.2, 0.25) is 5.95 Å². The minimum absolute atomic E-state index is 0.669. The molecule has 0 radical (unpaired) electrons. The maximum atomic E-state index is 5.99. The fraction of sp³-hybridized carbons (Fsp3) is 0.450. The molecule has 3 heterocycles. The van der Waals surface area contributed by atoms with Crippen LogP contribution in [-0.4, -0.2) is 57.4 Å². The van der Waals surface area contributed by atoms with E-state index in [2.05, 4.69) is 27.1 Å². The molecule has 28 heavy (non-hydrogen) atoms. The summed E-state index contributed by atoms with van der Waals surface area (Å²) in [5, 5.41) is 9.51. The van der Waals surface area contributed by atoms with Gasteiger partial charge in [-0.15, -0.1) is 0 Å². The minimum Gasteiger partial charge on any atom is -0.365 e. The number of aryl methyl sites for hydroxylation is 1. The monoisotopic (exact) mass is 399 g/mol. The van der Waals surface area contributed by atoms with E-state index in [0.29, 0.717) is 6.54 Å². The van der Waals surface area contributed by atoms with Crippen molar-refractivity contribution < 1.29 is 0 Å². The van der Waals surface area contributed by atoms with Crippen LogP contribution in [-0.2, 0) is 13.6 Å². The summed E-state index contributed by atoms with van der Waals surface area (Å²) in [6.45, 7) is 8.04. The second-order valence-corrected chi connectivity index (χ2v) is 7.62. The number of fused-ring (bicyclic) bond motifs is 1. The van der Waals surface area contributed by atoms with E-state index in [0.717, 1.165) is 66.1 Å². The predicted octanol–water partition coefficient (Wildman–Crippen LogP) is 3.16. The Labute approximate surface area is 170 Å². The molecule has 7 nitrogen and oxygen atoms in total. The topological polar surface area (TPSA) is 62.1 Å². The molecule has 0 unspecified atom stereocenters. The number of aromatic nitrogens is 4. The summed E-state index contributed by atoms with van der Waals surface area (Å²) in [6, 6.07) is 7.84. The summed E-state index contributed by atoms with van der Waals surface area (Å²) >= 11 is 5.99. The van der Waals surface area contributed by atoms with Crippen molar-refractivity contribution in [2.75, 3.05) is 42.9 Å². The molecule has 1 aliphatic heterocycles. The standard InChI is InChI=1S/C20H26ClN7/c1-3-8-27-9-11-28(12-10-27)20-24-18(17-14-23-26(2)19(17)25-20)22-13-15-4-6-16(21)7-5-15/h4-7,14H,3,8-13H2,1-2H3,(H,22,24,25). The molecule has 148 valence electrons. The van der Waals surface area contributed by atoms with Gasteiger partial charge in [-0.05, 0) is 30.7 Å². The quantitative estimate of drug-likeness (QED) is 0.687. The number of benzene rings is 1. The largest absolute Gasteiger partial charge is 0.365 e. The highest BCUT2D eigenvalue weighted by molar-refractivity contribution is 6.30. The van der Waals surface area contributed by atoms with Gasteiger partial charge in [-0.25, -0.2) is 0 Å². The number of halogens is 1. The fourth-order valence-electron chi connectivity index (χ4n) is 3.56. The molecule has 8 heteroatoms. The average Bonchev–Trinajstić information content (AvgIpc) is 3.09. The molecule has 4 rings (SSSR count). The van der Waals surface area contributed by atoms with Crippen LogP contribution in [0.15, 0.2) is 30.5 Å². The SMILES string of the molecule is CCCN1CCN(c2nc(NCc3ccc(Cl)cc3)c3cnn(C)c3n2)CC1. The first-order valence-corrected chi connectivity index (χ1v) is 10.2. The third-order valence-corrected chi connectivity index (χ3v) is 5.40. The van der Waals surface area contributed by atoms with Crippen LogP contribution < -0.4 is 10.2 Å². The van der Waals surface area contributed by atoms with Crippen molar-refractivity contribution in [1.82, 2.24) is 24.6 Å². The van der Waals surface area contributed by atoms with Gasteiger partial charge < -0.3 is 10.2 Å². The van der Waals surface area contributed by atoms with E-state index in [1.807, 2.05) is 37.5 Å². The highest BCUT2D eigenvalue weighted by atomic mass is 35.5. The van der Waals surface area contributed by atoms with Gasteiger partial charge in [0.05, 0.1) is 11.6 Å². The Morgan fingerprint density at radius 1 is 1.07 bits per heavy atom. The van der Waals surface area contributed by atoms with Crippen molar-refractivity contribution in [2.45, 2.75) is 19.9 Å². The van der Waals surface area contributed by atoms with Crippen LogP contribution in [0, 0.1) is 0 Å². The lowest BCUT2D eigenvalue weighted by Gasteiger charge is -2.34. The number of hydrogen-bond donors (Lipinski definition) is 1. The van der Waals surface area contributed by atoms with Gasteiger partial charge in [0.15, 0.2) is 5.65 Å². The van der Waals surface area contributed by atoms with E-state index in [1.165, 1.54) is 6.42 Å². The molecule has 0 saturated carbocycles. The van der Waals surface area contributed by atoms with Gasteiger partial charge >= 0.3 is 0 Å². The first-order chi connectivity index (χ1) is 13.6. The van der Waals surface area contributed by atoms with Crippen LogP contribution in [0.3, 0.4) is 0 Å². The average molecular weight is 400 g/mol. The van der Waals surface area contributed by atoms with Crippen LogP contribution >= 0.6 is 11.6 Å². The van der Waals surface area contributed by atoms with Crippen molar-refractivity contribution in [3.8, 4) is 0 Å². The molecule has 1 aliphatic rings. The first kappa shape index (κ1) is 19.0. The fourth-order valence-corrected chi connectivity index (χ4v) is 3.69. The number of nitrogens with zero attached hydrogens (tertiary/aromatic N) is 6. The predicted molar refractivity (Wildman–Crippen MR) is 114 cm³/mol. The van der Waals surface area contributed by atoms with Crippen LogP contribution in [0.4, 0.5) is 11.8 Å². The molecular weight excluding hydrogens is 374 g/mol. The zero-order valence-electron chi connectivity index (χ0n) is 16.4. The van der Waals surface area contributed by atoms with E-state index >= 15 is 0 Å². The molecule has 2 aromatic heterocycles. The Balaban J connectivity index is 1.56. The van der Waals surface area contributed by atoms with Crippen molar-refractivity contribution >= 4 is 34.4 Å². The molecule has 1 saturated heterocycles. The molecule has 0 atom stereocenters. The zero-order chi connectivity index (χ0) is 19.5. The minimum atomic E-state index is 0.669. The van der Waals surface area contributed by atoms with E-state index in [-0.39, 0.29) is 0 Å². The van der Waals surface area contributed by atoms with Gasteiger partial charge in [-0.2, -0.15) is 15.1 Å². The lowest BCUT2D eigenvalue weighted by Crippen LogP contribution is -2.47. The maximum absolute atomic E-state index is 5.99. The molecule has 1 fully saturated rings. The van der Waals surface area contributed by atoms with E-state index in [1.54, 1.807) is 4.68 Å². The van der Waals surface area contributed by atoms with Gasteiger partial charge in [-0.1, -0.05) is 30.7 Å². The van der Waals surface area contributed by atoms with Crippen LogP contribution in [0.2, 0.25) is 5.02 Å². The lowest BCUT2D eigenvalue weighted by atomic mass is 10.2. The Morgan fingerprint density at radius 2 is 1.82 bits per heavy atom. The van der Waals surface area contributed by atoms with E-state index in [4.69, 9.17) is 21.6 Å². The number of piperazine rings is 1. The van der Waals surface area contributed by atoms with Crippen molar-refractivity contribution in [1.29, 1.82) is 0 Å². The first-order valence-electron chi connectivity index (χ1n) is 9.79. The highest BCUT2D eigenvalue weighted by Gasteiger charge is 2.21. The number of rotatable bonds is 6. The summed E-state index contributed by atoms with van der Waals surface area (Å²) in [6.07, 6.45) is 3.01. The summed E-state index contributed by atoms with van der Waals surface area (Å²) in [5.74, 6) is 1.59. The van der Waals surface area contributed by atoms with Crippen LogP contribution in [0.5, 0.6) is 0 Å². The highest BCUT2D eigenvalue weighted by Crippen LogP contribution is 2.24. The van der Waals surface area contributed by atoms with Crippen LogP contribution in [0.25, 0.3) is 11.0 Å². The Morgan fingerprint density at radius 3 is 2.54 bits per heavy atom. The van der Waals surface area contributed by atoms with E-state index < -0.39 is 0 Å². The molecule has 0 bridgehead atoms. The lowest BCUT2D eigenvalue weighted by molar-refractivity contribution is 0.257. The van der Waals surface area contributed by atoms with Gasteiger partial charge in [-0.3, -0.25) is 9.58 Å². The van der Waals surface area contributed by atoms with Gasteiger partial charge in [0, 0.05) is 44.8 Å². The van der Waals surface area contributed by atoms with Crippen molar-refractivity contribution in [2.24, 2.45) is 7.05 Å². The maximum Gasteiger partial charge on any atom is 0.229 e. The zero-order valence-corrected chi connectivity index (χ0v) is 17.2. The molecular formula is C20H26ClN7. The molecule has 3 aromatic rings. The van der Waals surface area contributed by atoms with Gasteiger partial charge in [0.25, 0.3) is 0 Å². The summed E-state index contributed by atoms with van der Waals surface area (Å²) < 4.78 is 1.81. The van der Waals surface area contributed by atoms with Crippen LogP contribution in [0.1, 0.15) is 18.9 Å². The molecule has 0 amide bonds. The Kier molecular flexibility index (Phi) is 5.64. The number of nitrogens with one attached hydrogen (secondary N) is 1. The third-order valence-electron chi connectivity index (χ3n) is 5.15. The number of hydrogen-bond acceptors (Lipinski definition) is 6. The summed E-state index contributed by atoms with van der Waals surface area (Å²) in [4.78, 5) is 14.4. The normalized spacial score (nSPS) is 15.3. The van der Waals surface area contributed by atoms with E-state index in [9.17, 15) is 0 Å². The molecule has 0 spiro atoms. The Bertz CT molecular complexity index is 930. The Hall–Kier alpha value is -2.38. The molecule has 1 N–H and O–H groups in total.